The Bertz CT molecular complexity index is 466. The Morgan fingerprint density at radius 2 is 2.32 bits per heavy atom. The number of hydrogen-bond acceptors (Lipinski definition) is 3. The molecule has 0 aromatic carbocycles. The first-order valence-electron chi connectivity index (χ1n) is 6.69. The summed E-state index contributed by atoms with van der Waals surface area (Å²) < 4.78 is 4.94. The molecule has 2 heterocycles. The lowest BCUT2D eigenvalue weighted by Gasteiger charge is -2.20. The van der Waals surface area contributed by atoms with E-state index >= 15 is 0 Å². The summed E-state index contributed by atoms with van der Waals surface area (Å²) in [7, 11) is 0. The number of furan rings is 1. The molecule has 1 aliphatic heterocycles. The first-order valence-corrected chi connectivity index (χ1v) is 6.69. The van der Waals surface area contributed by atoms with E-state index in [2.05, 4.69) is 6.92 Å². The zero-order valence-corrected chi connectivity index (χ0v) is 11.1. The van der Waals surface area contributed by atoms with Crippen LogP contribution in [0.25, 0.3) is 0 Å². The molecule has 1 saturated heterocycles. The fourth-order valence-electron chi connectivity index (χ4n) is 2.52. The molecule has 1 unspecified atom stereocenters. The van der Waals surface area contributed by atoms with Crippen LogP contribution in [-0.4, -0.2) is 28.4 Å². The van der Waals surface area contributed by atoms with E-state index in [0.717, 1.165) is 19.3 Å². The topological polar surface area (TPSA) is 70.8 Å². The van der Waals surface area contributed by atoms with E-state index in [1.807, 2.05) is 0 Å². The van der Waals surface area contributed by atoms with Gasteiger partial charge in [0.25, 0.3) is 0 Å². The Kier molecular flexibility index (Phi) is 4.24. The minimum Gasteiger partial charge on any atom is -0.475 e. The third-order valence-corrected chi connectivity index (χ3v) is 3.81. The molecule has 0 radical (unpaired) electrons. The van der Waals surface area contributed by atoms with Crippen LogP contribution in [0.15, 0.2) is 16.7 Å². The van der Waals surface area contributed by atoms with Crippen LogP contribution in [0.5, 0.6) is 0 Å². The van der Waals surface area contributed by atoms with Gasteiger partial charge in [0.15, 0.2) is 0 Å². The van der Waals surface area contributed by atoms with Gasteiger partial charge in [0, 0.05) is 25.1 Å². The van der Waals surface area contributed by atoms with Crippen molar-refractivity contribution in [1.82, 2.24) is 4.90 Å². The number of carbonyl (C=O) groups excluding carboxylic acids is 1. The number of amides is 1. The highest BCUT2D eigenvalue weighted by Gasteiger charge is 2.24. The van der Waals surface area contributed by atoms with Crippen LogP contribution in [0.1, 0.15) is 48.7 Å². The maximum Gasteiger partial charge on any atom is 0.372 e. The zero-order chi connectivity index (χ0) is 13.8. The average Bonchev–Trinajstić information content (AvgIpc) is 2.77. The molecule has 5 nitrogen and oxygen atoms in total. The van der Waals surface area contributed by atoms with Crippen molar-refractivity contribution in [3.05, 3.63) is 23.7 Å². The van der Waals surface area contributed by atoms with Crippen molar-refractivity contribution in [3.63, 3.8) is 0 Å². The molecule has 1 aliphatic rings. The van der Waals surface area contributed by atoms with E-state index in [0.29, 0.717) is 31.0 Å². The first kappa shape index (κ1) is 13.6. The Labute approximate surface area is 112 Å². The highest BCUT2D eigenvalue weighted by Crippen LogP contribution is 2.23. The quantitative estimate of drug-likeness (QED) is 0.908. The van der Waals surface area contributed by atoms with Crippen molar-refractivity contribution in [2.24, 2.45) is 5.92 Å². The third-order valence-electron chi connectivity index (χ3n) is 3.81. The molecule has 1 N–H and O–H groups in total. The molecule has 0 bridgehead atoms. The summed E-state index contributed by atoms with van der Waals surface area (Å²) >= 11 is 0. The zero-order valence-electron chi connectivity index (χ0n) is 11.1. The summed E-state index contributed by atoms with van der Waals surface area (Å²) in [5, 5.41) is 8.99. The molecular formula is C14H19NO4. The summed E-state index contributed by atoms with van der Waals surface area (Å²) in [5.41, 5.74) is 0.566. The molecule has 1 aromatic heterocycles. The molecule has 1 fully saturated rings. The van der Waals surface area contributed by atoms with Crippen molar-refractivity contribution in [1.29, 1.82) is 0 Å². The summed E-state index contributed by atoms with van der Waals surface area (Å²) in [5.74, 6) is -0.455. The Morgan fingerprint density at radius 1 is 1.53 bits per heavy atom. The van der Waals surface area contributed by atoms with Gasteiger partial charge in [-0.2, -0.15) is 0 Å². The molecule has 1 atom stereocenters. The van der Waals surface area contributed by atoms with Gasteiger partial charge in [-0.15, -0.1) is 0 Å². The van der Waals surface area contributed by atoms with Gasteiger partial charge in [-0.05, 0) is 24.8 Å². The van der Waals surface area contributed by atoms with Gasteiger partial charge >= 0.3 is 5.97 Å². The first-order chi connectivity index (χ1) is 9.11. The number of nitrogens with zero attached hydrogens (tertiary/aromatic N) is 1. The number of carboxylic acids is 1. The Balaban J connectivity index is 2.07. The number of carboxylic acid groups (broad SMARTS) is 1. The maximum absolute atomic E-state index is 12.0. The van der Waals surface area contributed by atoms with Crippen LogP contribution in [0.4, 0.5) is 0 Å². The second-order valence-corrected chi connectivity index (χ2v) is 5.00. The summed E-state index contributed by atoms with van der Waals surface area (Å²) in [6, 6.07) is 1.62. The fraction of sp³-hybridized carbons (Fsp3) is 0.571. The predicted molar refractivity (Wildman–Crippen MR) is 68.7 cm³/mol. The molecule has 2 rings (SSSR count). The van der Waals surface area contributed by atoms with Crippen LogP contribution in [-0.2, 0) is 11.3 Å². The summed E-state index contributed by atoms with van der Waals surface area (Å²) in [6.45, 7) is 3.17. The second kappa shape index (κ2) is 5.91. The van der Waals surface area contributed by atoms with Crippen LogP contribution in [0, 0.1) is 5.92 Å². The van der Waals surface area contributed by atoms with Crippen LogP contribution in [0.2, 0.25) is 0 Å². The van der Waals surface area contributed by atoms with Crippen LogP contribution >= 0.6 is 0 Å². The Morgan fingerprint density at radius 3 is 3.00 bits per heavy atom. The highest BCUT2D eigenvalue weighted by atomic mass is 16.4. The summed E-state index contributed by atoms with van der Waals surface area (Å²) in [4.78, 5) is 24.7. The molecule has 19 heavy (non-hydrogen) atoms. The number of aromatic carboxylic acids is 1. The molecular weight excluding hydrogens is 246 g/mol. The molecule has 1 amide bonds. The van der Waals surface area contributed by atoms with E-state index in [4.69, 9.17) is 9.52 Å². The van der Waals surface area contributed by atoms with E-state index < -0.39 is 5.97 Å². The van der Waals surface area contributed by atoms with Crippen molar-refractivity contribution >= 4 is 11.9 Å². The largest absolute Gasteiger partial charge is 0.475 e. The van der Waals surface area contributed by atoms with Gasteiger partial charge in [0.2, 0.25) is 11.7 Å². The van der Waals surface area contributed by atoms with Crippen molar-refractivity contribution < 1.29 is 19.1 Å². The number of likely N-dealkylation sites (tertiary alicyclic amines) is 1. The predicted octanol–water partition coefficient (Wildman–Crippen LogP) is 2.52. The maximum atomic E-state index is 12.0. The average molecular weight is 265 g/mol. The number of hydrogen-bond donors (Lipinski definition) is 1. The smallest absolute Gasteiger partial charge is 0.372 e. The van der Waals surface area contributed by atoms with Crippen molar-refractivity contribution in [2.75, 3.05) is 6.54 Å². The van der Waals surface area contributed by atoms with Gasteiger partial charge in [-0.1, -0.05) is 13.3 Å². The van der Waals surface area contributed by atoms with Gasteiger partial charge in [0.1, 0.15) is 0 Å². The molecule has 0 saturated carbocycles. The SMILES string of the molecule is CCC1CCC(=O)N(Cc2ccoc2C(=O)O)CC1. The van der Waals surface area contributed by atoms with E-state index in [1.165, 1.54) is 6.26 Å². The molecule has 1 aromatic rings. The Hall–Kier alpha value is -1.78. The number of rotatable bonds is 4. The van der Waals surface area contributed by atoms with E-state index in [9.17, 15) is 9.59 Å². The van der Waals surface area contributed by atoms with E-state index in [1.54, 1.807) is 11.0 Å². The summed E-state index contributed by atoms with van der Waals surface area (Å²) in [6.07, 6.45) is 4.92. The number of carbonyl (C=O) groups is 2. The molecule has 0 aliphatic carbocycles. The fourth-order valence-corrected chi connectivity index (χ4v) is 2.52. The van der Waals surface area contributed by atoms with Gasteiger partial charge in [0.05, 0.1) is 6.26 Å². The van der Waals surface area contributed by atoms with Crippen molar-refractivity contribution in [3.8, 4) is 0 Å². The molecule has 104 valence electrons. The van der Waals surface area contributed by atoms with Gasteiger partial charge < -0.3 is 14.4 Å². The minimum absolute atomic E-state index is 0.0657. The van der Waals surface area contributed by atoms with E-state index in [-0.39, 0.29) is 11.7 Å². The molecule has 0 spiro atoms. The lowest BCUT2D eigenvalue weighted by Crippen LogP contribution is -2.30. The lowest BCUT2D eigenvalue weighted by atomic mass is 9.98. The van der Waals surface area contributed by atoms with Crippen LogP contribution < -0.4 is 0 Å². The van der Waals surface area contributed by atoms with Crippen molar-refractivity contribution in [2.45, 2.75) is 39.2 Å². The van der Waals surface area contributed by atoms with Gasteiger partial charge in [-0.3, -0.25) is 4.79 Å². The third kappa shape index (κ3) is 3.16. The van der Waals surface area contributed by atoms with Crippen LogP contribution in [0.3, 0.4) is 0 Å². The standard InChI is InChI=1S/C14H19NO4/c1-2-10-3-4-12(16)15(7-5-10)9-11-6-8-19-13(11)14(17)18/h6,8,10H,2-5,7,9H2,1H3,(H,17,18). The lowest BCUT2D eigenvalue weighted by molar-refractivity contribution is -0.131. The highest BCUT2D eigenvalue weighted by molar-refractivity contribution is 5.86. The minimum atomic E-state index is -1.09. The second-order valence-electron chi connectivity index (χ2n) is 5.00. The normalized spacial score (nSPS) is 20.4. The monoisotopic (exact) mass is 265 g/mol. The van der Waals surface area contributed by atoms with Gasteiger partial charge in [-0.25, -0.2) is 4.79 Å². The molecule has 5 heteroatoms.